The van der Waals surface area contributed by atoms with Gasteiger partial charge < -0.3 is 10.1 Å². The minimum absolute atomic E-state index is 0.149. The van der Waals surface area contributed by atoms with Crippen molar-refractivity contribution < 1.29 is 17.9 Å². The van der Waals surface area contributed by atoms with E-state index in [1.807, 2.05) is 6.92 Å². The predicted octanol–water partition coefficient (Wildman–Crippen LogP) is 4.53. The van der Waals surface area contributed by atoms with E-state index in [9.17, 15) is 13.2 Å². The first-order valence-corrected chi connectivity index (χ1v) is 12.3. The smallest absolute Gasteiger partial charge is 0.264 e. The molecule has 0 radical (unpaired) electrons. The molecule has 0 aliphatic rings. The van der Waals surface area contributed by atoms with Gasteiger partial charge in [-0.25, -0.2) is 8.42 Å². The highest BCUT2D eigenvalue weighted by molar-refractivity contribution is 7.92. The minimum atomic E-state index is -3.91. The highest BCUT2D eigenvalue weighted by Gasteiger charge is 2.27. The second kappa shape index (κ2) is 11.7. The third-order valence-electron chi connectivity index (χ3n) is 5.39. The Morgan fingerprint density at radius 3 is 2.26 bits per heavy atom. The molecule has 2 aromatic rings. The zero-order chi connectivity index (χ0) is 22.9. The molecule has 1 atom stereocenters. The molecule has 0 aliphatic heterocycles. The number of carbonyl (C=O) groups excluding carboxylic acids is 1. The van der Waals surface area contributed by atoms with Crippen LogP contribution in [0.25, 0.3) is 0 Å². The van der Waals surface area contributed by atoms with Gasteiger partial charge in [0.25, 0.3) is 10.0 Å². The number of hydrogen-bond acceptors (Lipinski definition) is 4. The van der Waals surface area contributed by atoms with E-state index >= 15 is 0 Å². The summed E-state index contributed by atoms with van der Waals surface area (Å²) < 4.78 is 33.1. The Hall–Kier alpha value is -2.54. The molecular weight excluding hydrogens is 412 g/mol. The van der Waals surface area contributed by atoms with Crippen molar-refractivity contribution in [2.24, 2.45) is 5.92 Å². The van der Waals surface area contributed by atoms with Gasteiger partial charge in [-0.15, -0.1) is 0 Å². The number of carbonyl (C=O) groups is 1. The molecule has 0 saturated heterocycles. The van der Waals surface area contributed by atoms with Gasteiger partial charge in [-0.3, -0.25) is 9.10 Å². The number of nitrogens with one attached hydrogen (secondary N) is 1. The molecule has 1 amide bonds. The number of anilines is 1. The van der Waals surface area contributed by atoms with Crippen molar-refractivity contribution in [1.82, 2.24) is 5.32 Å². The van der Waals surface area contributed by atoms with Gasteiger partial charge in [0.15, 0.2) is 0 Å². The molecule has 0 fully saturated rings. The maximum absolute atomic E-state index is 13.4. The van der Waals surface area contributed by atoms with E-state index in [-0.39, 0.29) is 17.3 Å². The number of methoxy groups -OCH3 is 1. The van der Waals surface area contributed by atoms with Crippen LogP contribution in [0.15, 0.2) is 53.4 Å². The van der Waals surface area contributed by atoms with Crippen molar-refractivity contribution in [2.75, 3.05) is 24.5 Å². The number of unbranched alkanes of at least 4 members (excludes halogenated alkanes) is 1. The van der Waals surface area contributed by atoms with Crippen LogP contribution in [0.2, 0.25) is 0 Å². The Morgan fingerprint density at radius 1 is 1.06 bits per heavy atom. The zero-order valence-corrected chi connectivity index (χ0v) is 19.7. The van der Waals surface area contributed by atoms with E-state index < -0.39 is 10.0 Å². The molecule has 6 nitrogen and oxygen atoms in total. The minimum Gasteiger partial charge on any atom is -0.497 e. The van der Waals surface area contributed by atoms with Gasteiger partial charge in [0.2, 0.25) is 5.91 Å². The van der Waals surface area contributed by atoms with Crippen LogP contribution in [0.5, 0.6) is 5.75 Å². The maximum atomic E-state index is 13.4. The van der Waals surface area contributed by atoms with Gasteiger partial charge in [0, 0.05) is 6.54 Å². The van der Waals surface area contributed by atoms with Gasteiger partial charge in [0.05, 0.1) is 17.7 Å². The van der Waals surface area contributed by atoms with Crippen LogP contribution in [0.1, 0.15) is 45.1 Å². The first-order valence-electron chi connectivity index (χ1n) is 10.8. The van der Waals surface area contributed by atoms with Crippen LogP contribution >= 0.6 is 0 Å². The second-order valence-corrected chi connectivity index (χ2v) is 9.61. The molecule has 0 saturated carbocycles. The standard InChI is InChI=1S/C24H34N2O4S/c1-5-7-8-20(6-2)17-25-24(27)18-26(21-11-13-22(30-4)14-12-21)31(28,29)23-15-9-19(3)10-16-23/h9-16,20H,5-8,17-18H2,1-4H3,(H,25,27). The van der Waals surface area contributed by atoms with Gasteiger partial charge >= 0.3 is 0 Å². The SMILES string of the molecule is CCCCC(CC)CNC(=O)CN(c1ccc(OC)cc1)S(=O)(=O)c1ccc(C)cc1. The topological polar surface area (TPSA) is 75.7 Å². The van der Waals surface area contributed by atoms with Crippen LogP contribution < -0.4 is 14.4 Å². The maximum Gasteiger partial charge on any atom is 0.264 e. The molecule has 1 N–H and O–H groups in total. The fraction of sp³-hybridized carbons (Fsp3) is 0.458. The summed E-state index contributed by atoms with van der Waals surface area (Å²) in [6.45, 7) is 6.42. The quantitative estimate of drug-likeness (QED) is 0.520. The van der Waals surface area contributed by atoms with Crippen molar-refractivity contribution in [3.8, 4) is 5.75 Å². The Labute approximate surface area is 186 Å². The number of sulfonamides is 1. The normalized spacial score (nSPS) is 12.3. The number of ether oxygens (including phenoxy) is 1. The van der Waals surface area contributed by atoms with Crippen LogP contribution in [0.3, 0.4) is 0 Å². The summed E-state index contributed by atoms with van der Waals surface area (Å²) >= 11 is 0. The van der Waals surface area contributed by atoms with E-state index in [2.05, 4.69) is 19.2 Å². The van der Waals surface area contributed by atoms with E-state index in [0.29, 0.717) is 23.9 Å². The Kier molecular flexibility index (Phi) is 9.37. The van der Waals surface area contributed by atoms with Crippen molar-refractivity contribution in [1.29, 1.82) is 0 Å². The third kappa shape index (κ3) is 6.99. The molecule has 2 aromatic carbocycles. The van der Waals surface area contributed by atoms with Crippen molar-refractivity contribution in [2.45, 2.75) is 51.3 Å². The van der Waals surface area contributed by atoms with Crippen molar-refractivity contribution >= 4 is 21.6 Å². The predicted molar refractivity (Wildman–Crippen MR) is 125 cm³/mol. The van der Waals surface area contributed by atoms with Crippen LogP contribution in [0.4, 0.5) is 5.69 Å². The average Bonchev–Trinajstić information content (AvgIpc) is 2.78. The summed E-state index contributed by atoms with van der Waals surface area (Å²) in [6, 6.07) is 13.3. The van der Waals surface area contributed by atoms with Gasteiger partial charge in [-0.1, -0.05) is 50.8 Å². The fourth-order valence-corrected chi connectivity index (χ4v) is 4.71. The molecular formula is C24H34N2O4S. The third-order valence-corrected chi connectivity index (χ3v) is 7.18. The first-order chi connectivity index (χ1) is 14.8. The Morgan fingerprint density at radius 2 is 1.71 bits per heavy atom. The molecule has 0 heterocycles. The monoisotopic (exact) mass is 446 g/mol. The summed E-state index contributed by atoms with van der Waals surface area (Å²) in [5, 5.41) is 2.93. The molecule has 1 unspecified atom stereocenters. The molecule has 0 spiro atoms. The largest absolute Gasteiger partial charge is 0.497 e. The number of benzene rings is 2. The number of nitrogens with zero attached hydrogens (tertiary/aromatic N) is 1. The van der Waals surface area contributed by atoms with E-state index in [1.165, 1.54) is 0 Å². The van der Waals surface area contributed by atoms with E-state index in [1.54, 1.807) is 55.6 Å². The molecule has 0 aliphatic carbocycles. The Balaban J connectivity index is 2.25. The number of amides is 1. The van der Waals surface area contributed by atoms with E-state index in [4.69, 9.17) is 4.74 Å². The van der Waals surface area contributed by atoms with Gasteiger partial charge in [-0.2, -0.15) is 0 Å². The van der Waals surface area contributed by atoms with Crippen molar-refractivity contribution in [3.63, 3.8) is 0 Å². The molecule has 170 valence electrons. The van der Waals surface area contributed by atoms with Gasteiger partial charge in [0.1, 0.15) is 12.3 Å². The molecule has 2 rings (SSSR count). The van der Waals surface area contributed by atoms with Crippen LogP contribution in [0, 0.1) is 12.8 Å². The number of hydrogen-bond donors (Lipinski definition) is 1. The summed E-state index contributed by atoms with van der Waals surface area (Å²) in [6.07, 6.45) is 4.26. The lowest BCUT2D eigenvalue weighted by atomic mass is 9.99. The number of aryl methyl sites for hydroxylation is 1. The lowest BCUT2D eigenvalue weighted by Crippen LogP contribution is -2.42. The summed E-state index contributed by atoms with van der Waals surface area (Å²) in [7, 11) is -2.36. The fourth-order valence-electron chi connectivity index (χ4n) is 3.29. The molecule has 31 heavy (non-hydrogen) atoms. The average molecular weight is 447 g/mol. The highest BCUT2D eigenvalue weighted by Crippen LogP contribution is 2.26. The zero-order valence-electron chi connectivity index (χ0n) is 18.9. The molecule has 0 bridgehead atoms. The summed E-state index contributed by atoms with van der Waals surface area (Å²) in [5.74, 6) is 0.691. The summed E-state index contributed by atoms with van der Waals surface area (Å²) in [4.78, 5) is 12.9. The highest BCUT2D eigenvalue weighted by atomic mass is 32.2. The van der Waals surface area contributed by atoms with Crippen molar-refractivity contribution in [3.05, 3.63) is 54.1 Å². The Bertz CT molecular complexity index is 925. The lowest BCUT2D eigenvalue weighted by Gasteiger charge is -2.25. The molecule has 0 aromatic heterocycles. The van der Waals surface area contributed by atoms with E-state index in [0.717, 1.165) is 35.6 Å². The number of rotatable bonds is 12. The lowest BCUT2D eigenvalue weighted by molar-refractivity contribution is -0.119. The van der Waals surface area contributed by atoms with Gasteiger partial charge in [-0.05, 0) is 55.7 Å². The first kappa shape index (κ1) is 24.7. The second-order valence-electron chi connectivity index (χ2n) is 7.74. The molecule has 7 heteroatoms. The summed E-state index contributed by atoms with van der Waals surface area (Å²) in [5.41, 5.74) is 1.37. The van der Waals surface area contributed by atoms with Crippen LogP contribution in [-0.4, -0.2) is 34.5 Å². The van der Waals surface area contributed by atoms with Crippen LogP contribution in [-0.2, 0) is 14.8 Å².